The molecule has 0 saturated heterocycles. The van der Waals surface area contributed by atoms with Gasteiger partial charge in [-0.1, -0.05) is 13.8 Å². The number of pyridine rings is 1. The predicted octanol–water partition coefficient (Wildman–Crippen LogP) is 2.66. The van der Waals surface area contributed by atoms with Crippen molar-refractivity contribution in [3.63, 3.8) is 0 Å². The molecular weight excluding hydrogens is 256 g/mol. The maximum absolute atomic E-state index is 8.94. The summed E-state index contributed by atoms with van der Waals surface area (Å²) in [5.74, 6) is 1.33. The van der Waals surface area contributed by atoms with Crippen molar-refractivity contribution >= 4 is 21.7 Å². The highest BCUT2D eigenvalue weighted by molar-refractivity contribution is 9.10. The van der Waals surface area contributed by atoms with E-state index in [-0.39, 0.29) is 12.6 Å². The van der Waals surface area contributed by atoms with E-state index in [0.29, 0.717) is 5.92 Å². The van der Waals surface area contributed by atoms with E-state index in [1.807, 2.05) is 12.1 Å². The molecule has 2 N–H and O–H groups in total. The van der Waals surface area contributed by atoms with Gasteiger partial charge in [-0.25, -0.2) is 4.98 Å². The van der Waals surface area contributed by atoms with Crippen LogP contribution in [0, 0.1) is 5.92 Å². The van der Waals surface area contributed by atoms with Gasteiger partial charge in [0.2, 0.25) is 0 Å². The quantitative estimate of drug-likeness (QED) is 0.867. The number of rotatable bonds is 5. The van der Waals surface area contributed by atoms with Crippen molar-refractivity contribution in [1.29, 1.82) is 0 Å². The zero-order valence-electron chi connectivity index (χ0n) is 9.07. The molecule has 0 aliphatic carbocycles. The van der Waals surface area contributed by atoms with Crippen molar-refractivity contribution in [1.82, 2.24) is 4.98 Å². The lowest BCUT2D eigenvalue weighted by Gasteiger charge is -2.21. The summed E-state index contributed by atoms with van der Waals surface area (Å²) in [6, 6.07) is 4.14. The average Bonchev–Trinajstić information content (AvgIpc) is 2.20. The molecule has 1 rings (SSSR count). The third-order valence-electron chi connectivity index (χ3n) is 2.31. The molecule has 0 bridgehead atoms. The minimum Gasteiger partial charge on any atom is -0.396 e. The maximum atomic E-state index is 8.94. The molecule has 0 radical (unpaired) electrons. The Morgan fingerprint density at radius 2 is 2.20 bits per heavy atom. The first-order chi connectivity index (χ1) is 7.13. The van der Waals surface area contributed by atoms with Crippen molar-refractivity contribution in [2.24, 2.45) is 5.92 Å². The lowest BCUT2D eigenvalue weighted by molar-refractivity contribution is 0.267. The summed E-state index contributed by atoms with van der Waals surface area (Å²) in [6.07, 6.45) is 2.51. The van der Waals surface area contributed by atoms with E-state index >= 15 is 0 Å². The van der Waals surface area contributed by atoms with Gasteiger partial charge in [0, 0.05) is 23.3 Å². The lowest BCUT2D eigenvalue weighted by atomic mass is 10.0. The van der Waals surface area contributed by atoms with E-state index in [1.54, 1.807) is 6.20 Å². The standard InChI is InChI=1S/C11H17BrN2O/c1-8(2)10(5-6-15)14-11-4-3-9(12)7-13-11/h3-4,7-8,10,15H,5-6H2,1-2H3,(H,13,14)/t10-/m1/s1. The van der Waals surface area contributed by atoms with Crippen LogP contribution in [0.4, 0.5) is 5.82 Å². The largest absolute Gasteiger partial charge is 0.396 e. The number of hydrogen-bond donors (Lipinski definition) is 2. The number of halogens is 1. The van der Waals surface area contributed by atoms with Crippen LogP contribution >= 0.6 is 15.9 Å². The van der Waals surface area contributed by atoms with Crippen molar-refractivity contribution in [2.75, 3.05) is 11.9 Å². The van der Waals surface area contributed by atoms with Crippen LogP contribution in [0.25, 0.3) is 0 Å². The van der Waals surface area contributed by atoms with Gasteiger partial charge in [0.1, 0.15) is 5.82 Å². The molecule has 0 aromatic carbocycles. The van der Waals surface area contributed by atoms with Crippen LogP contribution in [-0.4, -0.2) is 22.7 Å². The van der Waals surface area contributed by atoms with E-state index in [9.17, 15) is 0 Å². The zero-order valence-corrected chi connectivity index (χ0v) is 10.7. The van der Waals surface area contributed by atoms with Crippen LogP contribution in [0.2, 0.25) is 0 Å². The number of aliphatic hydroxyl groups is 1. The fourth-order valence-corrected chi connectivity index (χ4v) is 1.60. The van der Waals surface area contributed by atoms with Crippen molar-refractivity contribution in [3.8, 4) is 0 Å². The smallest absolute Gasteiger partial charge is 0.126 e. The van der Waals surface area contributed by atoms with Crippen LogP contribution in [0.5, 0.6) is 0 Å². The Kier molecular flexibility index (Phi) is 5.05. The molecule has 15 heavy (non-hydrogen) atoms. The summed E-state index contributed by atoms with van der Waals surface area (Å²) in [6.45, 7) is 4.46. The highest BCUT2D eigenvalue weighted by Crippen LogP contribution is 2.15. The summed E-state index contributed by atoms with van der Waals surface area (Å²) < 4.78 is 0.969. The van der Waals surface area contributed by atoms with Crippen LogP contribution in [0.15, 0.2) is 22.8 Å². The van der Waals surface area contributed by atoms with E-state index in [0.717, 1.165) is 16.7 Å². The highest BCUT2D eigenvalue weighted by atomic mass is 79.9. The molecule has 84 valence electrons. The van der Waals surface area contributed by atoms with Gasteiger partial charge in [-0.3, -0.25) is 0 Å². The Morgan fingerprint density at radius 3 is 2.67 bits per heavy atom. The number of nitrogens with zero attached hydrogens (tertiary/aromatic N) is 1. The van der Waals surface area contributed by atoms with Gasteiger partial charge >= 0.3 is 0 Å². The minimum atomic E-state index is 0.201. The molecule has 0 aliphatic heterocycles. The molecule has 0 unspecified atom stereocenters. The van der Waals surface area contributed by atoms with E-state index in [2.05, 4.69) is 40.1 Å². The van der Waals surface area contributed by atoms with Gasteiger partial charge in [-0.15, -0.1) is 0 Å². The molecule has 3 nitrogen and oxygen atoms in total. The van der Waals surface area contributed by atoms with Gasteiger partial charge in [-0.05, 0) is 40.4 Å². The summed E-state index contributed by atoms with van der Waals surface area (Å²) in [7, 11) is 0. The second-order valence-corrected chi connectivity index (χ2v) is 4.78. The number of hydrogen-bond acceptors (Lipinski definition) is 3. The first-order valence-electron chi connectivity index (χ1n) is 5.12. The van der Waals surface area contributed by atoms with Crippen LogP contribution in [0.3, 0.4) is 0 Å². The van der Waals surface area contributed by atoms with Gasteiger partial charge in [0.15, 0.2) is 0 Å². The Balaban J connectivity index is 2.61. The third kappa shape index (κ3) is 4.18. The maximum Gasteiger partial charge on any atom is 0.126 e. The summed E-state index contributed by atoms with van der Waals surface area (Å²) >= 11 is 3.34. The SMILES string of the molecule is CC(C)[C@@H](CCO)Nc1ccc(Br)cn1. The van der Waals surface area contributed by atoms with Crippen LogP contribution < -0.4 is 5.32 Å². The summed E-state index contributed by atoms with van der Waals surface area (Å²) in [5.41, 5.74) is 0. The Labute approximate surface area is 99.1 Å². The van der Waals surface area contributed by atoms with Crippen molar-refractivity contribution < 1.29 is 5.11 Å². The number of nitrogens with one attached hydrogen (secondary N) is 1. The fourth-order valence-electron chi connectivity index (χ4n) is 1.36. The summed E-state index contributed by atoms with van der Waals surface area (Å²) in [5, 5.41) is 12.3. The molecule has 1 atom stereocenters. The predicted molar refractivity (Wildman–Crippen MR) is 65.9 cm³/mol. The van der Waals surface area contributed by atoms with Gasteiger partial charge in [-0.2, -0.15) is 0 Å². The highest BCUT2D eigenvalue weighted by Gasteiger charge is 2.12. The molecule has 0 spiro atoms. The van der Waals surface area contributed by atoms with Gasteiger partial charge in [0.25, 0.3) is 0 Å². The van der Waals surface area contributed by atoms with Crippen molar-refractivity contribution in [3.05, 3.63) is 22.8 Å². The van der Waals surface area contributed by atoms with Crippen LogP contribution in [0.1, 0.15) is 20.3 Å². The van der Waals surface area contributed by atoms with Gasteiger partial charge in [0.05, 0.1) is 0 Å². The topological polar surface area (TPSA) is 45.1 Å². The van der Waals surface area contributed by atoms with E-state index in [1.165, 1.54) is 0 Å². The van der Waals surface area contributed by atoms with Crippen molar-refractivity contribution in [2.45, 2.75) is 26.3 Å². The first-order valence-corrected chi connectivity index (χ1v) is 5.91. The van der Waals surface area contributed by atoms with Gasteiger partial charge < -0.3 is 10.4 Å². The normalized spacial score (nSPS) is 12.9. The number of aliphatic hydroxyl groups excluding tert-OH is 1. The second kappa shape index (κ2) is 6.08. The van der Waals surface area contributed by atoms with E-state index in [4.69, 9.17) is 5.11 Å². The zero-order chi connectivity index (χ0) is 11.3. The first kappa shape index (κ1) is 12.5. The Morgan fingerprint density at radius 1 is 1.47 bits per heavy atom. The second-order valence-electron chi connectivity index (χ2n) is 3.87. The monoisotopic (exact) mass is 272 g/mol. The molecular formula is C11H17BrN2O. The molecule has 1 aromatic rings. The third-order valence-corrected chi connectivity index (χ3v) is 2.77. The molecule has 0 amide bonds. The molecule has 4 heteroatoms. The molecule has 1 heterocycles. The fraction of sp³-hybridized carbons (Fsp3) is 0.545. The number of anilines is 1. The minimum absolute atomic E-state index is 0.201. The van der Waals surface area contributed by atoms with E-state index < -0.39 is 0 Å². The summed E-state index contributed by atoms with van der Waals surface area (Å²) in [4.78, 5) is 4.24. The molecule has 0 saturated carbocycles. The Bertz CT molecular complexity index is 287. The average molecular weight is 273 g/mol. The van der Waals surface area contributed by atoms with Crippen LogP contribution in [-0.2, 0) is 0 Å². The number of aromatic nitrogens is 1. The Hall–Kier alpha value is -0.610. The molecule has 0 aliphatic rings. The lowest BCUT2D eigenvalue weighted by Crippen LogP contribution is -2.27. The molecule has 0 fully saturated rings. The molecule has 1 aromatic heterocycles.